The minimum atomic E-state index is -0.212. The van der Waals surface area contributed by atoms with E-state index in [1.165, 1.54) is 0 Å². The second-order valence-corrected chi connectivity index (χ2v) is 3.55. The second-order valence-electron chi connectivity index (χ2n) is 2.44. The smallest absolute Gasteiger partial charge is 0.151 e. The molecule has 0 aliphatic carbocycles. The average molecular weight is 143 g/mol. The Labute approximate surface area is 59.6 Å². The molecular weight excluding hydrogens is 134 g/mol. The third kappa shape index (κ3) is 1.48. The predicted octanol–water partition coefficient (Wildman–Crippen LogP) is 1.84. The number of rotatable bonds is 1. The fourth-order valence-electron chi connectivity index (χ4n) is 0.531. The number of thiol groups is 1. The molecule has 0 aromatic carbocycles. The highest BCUT2D eigenvalue weighted by Crippen LogP contribution is 2.25. The van der Waals surface area contributed by atoms with E-state index >= 15 is 0 Å². The van der Waals surface area contributed by atoms with Crippen molar-refractivity contribution in [1.29, 1.82) is 0 Å². The summed E-state index contributed by atoms with van der Waals surface area (Å²) in [5.74, 6) is 0.797. The molecule has 0 saturated heterocycles. The molecule has 0 radical (unpaired) electrons. The van der Waals surface area contributed by atoms with E-state index in [-0.39, 0.29) is 4.75 Å². The van der Waals surface area contributed by atoms with Gasteiger partial charge in [0.15, 0.2) is 5.76 Å². The van der Waals surface area contributed by atoms with Crippen LogP contribution in [0.25, 0.3) is 0 Å². The highest BCUT2D eigenvalue weighted by molar-refractivity contribution is 7.81. The molecular formula is C6H9NOS. The Balaban J connectivity index is 2.90. The Morgan fingerprint density at radius 1 is 1.67 bits per heavy atom. The van der Waals surface area contributed by atoms with Gasteiger partial charge in [-0.3, -0.25) is 0 Å². The molecule has 0 unspecified atom stereocenters. The maximum atomic E-state index is 4.87. The van der Waals surface area contributed by atoms with Gasteiger partial charge in [-0.1, -0.05) is 5.16 Å². The monoisotopic (exact) mass is 143 g/mol. The van der Waals surface area contributed by atoms with Crippen molar-refractivity contribution < 1.29 is 4.52 Å². The summed E-state index contributed by atoms with van der Waals surface area (Å²) in [5, 5.41) is 3.56. The van der Waals surface area contributed by atoms with Gasteiger partial charge in [0.05, 0.1) is 10.9 Å². The Morgan fingerprint density at radius 3 is 2.56 bits per heavy atom. The molecule has 0 N–H and O–H groups in total. The first kappa shape index (κ1) is 6.68. The van der Waals surface area contributed by atoms with Gasteiger partial charge in [-0.05, 0) is 13.8 Å². The summed E-state index contributed by atoms with van der Waals surface area (Å²) < 4.78 is 4.66. The van der Waals surface area contributed by atoms with Gasteiger partial charge in [0.25, 0.3) is 0 Å². The largest absolute Gasteiger partial charge is 0.360 e. The van der Waals surface area contributed by atoms with Crippen LogP contribution in [0.1, 0.15) is 19.6 Å². The molecule has 0 amide bonds. The van der Waals surface area contributed by atoms with Crippen molar-refractivity contribution in [2.24, 2.45) is 0 Å². The fourth-order valence-corrected chi connectivity index (χ4v) is 0.647. The van der Waals surface area contributed by atoms with E-state index in [1.54, 1.807) is 6.20 Å². The van der Waals surface area contributed by atoms with E-state index < -0.39 is 0 Å². The van der Waals surface area contributed by atoms with Crippen LogP contribution < -0.4 is 0 Å². The Bertz CT molecular complexity index is 175. The Hall–Kier alpha value is -0.440. The van der Waals surface area contributed by atoms with Crippen molar-refractivity contribution in [2.75, 3.05) is 0 Å². The van der Waals surface area contributed by atoms with Gasteiger partial charge < -0.3 is 4.52 Å². The summed E-state index contributed by atoms with van der Waals surface area (Å²) in [6.07, 6.45) is 1.62. The zero-order valence-electron chi connectivity index (χ0n) is 5.46. The first-order chi connectivity index (χ1) is 4.11. The van der Waals surface area contributed by atoms with Crippen molar-refractivity contribution >= 4 is 12.6 Å². The molecule has 0 bridgehead atoms. The van der Waals surface area contributed by atoms with Crippen LogP contribution in [0.5, 0.6) is 0 Å². The molecule has 3 heteroatoms. The van der Waals surface area contributed by atoms with E-state index in [0.717, 1.165) is 5.76 Å². The third-order valence-electron chi connectivity index (χ3n) is 1.04. The maximum Gasteiger partial charge on any atom is 0.151 e. The summed E-state index contributed by atoms with van der Waals surface area (Å²) in [4.78, 5) is 0. The van der Waals surface area contributed by atoms with Gasteiger partial charge in [0.1, 0.15) is 0 Å². The van der Waals surface area contributed by atoms with Gasteiger partial charge in [-0.25, -0.2) is 0 Å². The molecule has 1 aromatic heterocycles. The highest BCUT2D eigenvalue weighted by atomic mass is 32.1. The average Bonchev–Trinajstić information content (AvgIpc) is 2.08. The van der Waals surface area contributed by atoms with Crippen LogP contribution in [-0.2, 0) is 4.75 Å². The lowest BCUT2D eigenvalue weighted by atomic mass is 10.1. The first-order valence-electron chi connectivity index (χ1n) is 2.74. The Morgan fingerprint density at radius 2 is 2.33 bits per heavy atom. The van der Waals surface area contributed by atoms with Crippen molar-refractivity contribution in [3.63, 3.8) is 0 Å². The predicted molar refractivity (Wildman–Crippen MR) is 38.5 cm³/mol. The van der Waals surface area contributed by atoms with Gasteiger partial charge in [0.2, 0.25) is 0 Å². The van der Waals surface area contributed by atoms with Crippen molar-refractivity contribution in [2.45, 2.75) is 18.6 Å². The van der Waals surface area contributed by atoms with Gasteiger partial charge in [0, 0.05) is 6.07 Å². The van der Waals surface area contributed by atoms with Crippen LogP contribution in [0, 0.1) is 0 Å². The normalized spacial score (nSPS) is 11.9. The van der Waals surface area contributed by atoms with Crippen LogP contribution in [0.2, 0.25) is 0 Å². The minimum Gasteiger partial charge on any atom is -0.360 e. The summed E-state index contributed by atoms with van der Waals surface area (Å²) in [5.41, 5.74) is 0. The van der Waals surface area contributed by atoms with Gasteiger partial charge in [-0.2, -0.15) is 12.6 Å². The topological polar surface area (TPSA) is 26.0 Å². The van der Waals surface area contributed by atoms with Crippen LogP contribution in [0.15, 0.2) is 16.8 Å². The highest BCUT2D eigenvalue weighted by Gasteiger charge is 2.17. The molecule has 0 fully saturated rings. The summed E-state index contributed by atoms with van der Waals surface area (Å²) in [6.45, 7) is 3.91. The molecule has 1 heterocycles. The van der Waals surface area contributed by atoms with E-state index in [2.05, 4.69) is 17.8 Å². The molecule has 0 aliphatic heterocycles. The molecule has 2 nitrogen and oxygen atoms in total. The summed E-state index contributed by atoms with van der Waals surface area (Å²) in [6, 6.07) is 1.81. The van der Waals surface area contributed by atoms with Crippen LogP contribution in [0.3, 0.4) is 0 Å². The number of hydrogen-bond acceptors (Lipinski definition) is 3. The molecule has 0 saturated carbocycles. The summed E-state index contributed by atoms with van der Waals surface area (Å²) in [7, 11) is 0. The van der Waals surface area contributed by atoms with Crippen LogP contribution in [-0.4, -0.2) is 5.16 Å². The zero-order valence-corrected chi connectivity index (χ0v) is 6.35. The second kappa shape index (κ2) is 2.06. The standard InChI is InChI=1S/C6H9NOS/c1-6(2,9)5-3-4-7-8-5/h3-4,9H,1-2H3. The van der Waals surface area contributed by atoms with Crippen molar-refractivity contribution in [3.8, 4) is 0 Å². The molecule has 1 aromatic rings. The van der Waals surface area contributed by atoms with Crippen LogP contribution in [0.4, 0.5) is 0 Å². The van der Waals surface area contributed by atoms with E-state index in [4.69, 9.17) is 4.52 Å². The van der Waals surface area contributed by atoms with Gasteiger partial charge >= 0.3 is 0 Å². The lowest BCUT2D eigenvalue weighted by Crippen LogP contribution is -2.05. The summed E-state index contributed by atoms with van der Waals surface area (Å²) >= 11 is 4.28. The lowest BCUT2D eigenvalue weighted by Gasteiger charge is -2.10. The molecule has 50 valence electrons. The Kier molecular flexibility index (Phi) is 1.53. The minimum absolute atomic E-state index is 0.212. The molecule has 9 heavy (non-hydrogen) atoms. The molecule has 0 atom stereocenters. The fraction of sp³-hybridized carbons (Fsp3) is 0.500. The molecule has 0 aliphatic rings. The SMILES string of the molecule is CC(C)(S)c1ccno1. The third-order valence-corrected chi connectivity index (χ3v) is 1.26. The van der Waals surface area contributed by atoms with Crippen molar-refractivity contribution in [1.82, 2.24) is 5.16 Å². The molecule has 1 rings (SSSR count). The number of hydrogen-bond donors (Lipinski definition) is 1. The number of nitrogens with zero attached hydrogens (tertiary/aromatic N) is 1. The maximum absolute atomic E-state index is 4.87. The first-order valence-corrected chi connectivity index (χ1v) is 3.19. The van der Waals surface area contributed by atoms with Crippen LogP contribution >= 0.6 is 12.6 Å². The van der Waals surface area contributed by atoms with E-state index in [9.17, 15) is 0 Å². The number of aromatic nitrogens is 1. The molecule has 0 spiro atoms. The quantitative estimate of drug-likeness (QED) is 0.607. The van der Waals surface area contributed by atoms with Crippen molar-refractivity contribution in [3.05, 3.63) is 18.0 Å². The lowest BCUT2D eigenvalue weighted by molar-refractivity contribution is 0.362. The van der Waals surface area contributed by atoms with E-state index in [0.29, 0.717) is 0 Å². The zero-order chi connectivity index (χ0) is 6.91. The van der Waals surface area contributed by atoms with Gasteiger partial charge in [-0.15, -0.1) is 0 Å². The van der Waals surface area contributed by atoms with E-state index in [1.807, 2.05) is 19.9 Å².